The lowest BCUT2D eigenvalue weighted by Gasteiger charge is -2.11. The summed E-state index contributed by atoms with van der Waals surface area (Å²) in [6.07, 6.45) is 0. The third kappa shape index (κ3) is 3.31. The highest BCUT2D eigenvalue weighted by atomic mass is 15.2. The van der Waals surface area contributed by atoms with E-state index in [2.05, 4.69) is 50.2 Å². The second-order valence-electron chi connectivity index (χ2n) is 7.02. The predicted molar refractivity (Wildman–Crippen MR) is 115 cm³/mol. The zero-order valence-electron chi connectivity index (χ0n) is 16.5. The molecule has 0 saturated heterocycles. The smallest absolute Gasteiger partial charge is 0.199 e. The normalized spacial score (nSPS) is 11.1. The average Bonchev–Trinajstić information content (AvgIpc) is 3.25. The van der Waals surface area contributed by atoms with Crippen molar-refractivity contribution in [3.8, 4) is 34.0 Å². The zero-order chi connectivity index (χ0) is 20.5. The van der Waals surface area contributed by atoms with Crippen molar-refractivity contribution in [3.63, 3.8) is 0 Å². The van der Waals surface area contributed by atoms with Gasteiger partial charge in [0, 0.05) is 16.7 Å². The lowest BCUT2D eigenvalue weighted by Crippen LogP contribution is -2.47. The number of nitrogens with one attached hydrogen (secondary N) is 1. The Kier molecular flexibility index (Phi) is 4.49. The number of hydrogen-bond donors (Lipinski definition) is 2. The number of nitrogens with zero attached hydrogens (tertiary/aromatic N) is 5. The summed E-state index contributed by atoms with van der Waals surface area (Å²) in [7, 11) is 0. The highest BCUT2D eigenvalue weighted by Gasteiger charge is 2.15. The van der Waals surface area contributed by atoms with Crippen molar-refractivity contribution in [2.45, 2.75) is 13.5 Å². The minimum atomic E-state index is 0.546. The fourth-order valence-electron chi connectivity index (χ4n) is 3.35. The van der Waals surface area contributed by atoms with Gasteiger partial charge in [-0.25, -0.2) is 19.9 Å². The van der Waals surface area contributed by atoms with E-state index in [4.69, 9.17) is 9.97 Å². The van der Waals surface area contributed by atoms with Gasteiger partial charge in [0.2, 0.25) is 0 Å². The van der Waals surface area contributed by atoms with Crippen LogP contribution in [0.3, 0.4) is 0 Å². The van der Waals surface area contributed by atoms with E-state index in [9.17, 15) is 0 Å². The Hall–Kier alpha value is -3.97. The molecule has 5 aromatic rings. The largest absolute Gasteiger partial charge is 0.354 e. The summed E-state index contributed by atoms with van der Waals surface area (Å²) in [5.74, 6) is 1.29. The van der Waals surface area contributed by atoms with Gasteiger partial charge < -0.3 is 5.73 Å². The van der Waals surface area contributed by atoms with E-state index in [1.54, 1.807) is 0 Å². The second kappa shape index (κ2) is 7.46. The van der Waals surface area contributed by atoms with E-state index in [0.717, 1.165) is 40.4 Å². The van der Waals surface area contributed by atoms with Crippen molar-refractivity contribution < 1.29 is 5.73 Å². The van der Waals surface area contributed by atoms with E-state index >= 15 is 0 Å². The first-order valence-electron chi connectivity index (χ1n) is 9.73. The first kappa shape index (κ1) is 18.1. The van der Waals surface area contributed by atoms with Crippen LogP contribution in [0.25, 0.3) is 45.2 Å². The van der Waals surface area contributed by atoms with Crippen LogP contribution < -0.4 is 5.73 Å². The molecule has 3 heterocycles. The highest BCUT2D eigenvalue weighted by molar-refractivity contribution is 5.85. The Morgan fingerprint density at radius 1 is 0.767 bits per heavy atom. The molecule has 0 aliphatic carbocycles. The van der Waals surface area contributed by atoms with Gasteiger partial charge in [0.1, 0.15) is 17.0 Å². The topological polar surface area (TPSA) is 108 Å². The van der Waals surface area contributed by atoms with E-state index in [1.165, 1.54) is 5.56 Å². The predicted octanol–water partition coefficient (Wildman–Crippen LogP) is 3.19. The maximum Gasteiger partial charge on any atom is 0.199 e. The molecule has 0 aliphatic rings. The van der Waals surface area contributed by atoms with Gasteiger partial charge in [-0.15, -0.1) is 0 Å². The van der Waals surface area contributed by atoms with Crippen LogP contribution in [-0.4, -0.2) is 30.1 Å². The van der Waals surface area contributed by atoms with Crippen molar-refractivity contribution in [3.05, 3.63) is 78.1 Å². The van der Waals surface area contributed by atoms with Crippen molar-refractivity contribution in [2.24, 2.45) is 0 Å². The molecule has 0 unspecified atom stereocenters. The Morgan fingerprint density at radius 3 is 2.20 bits per heavy atom. The molecule has 3 aromatic heterocycles. The Morgan fingerprint density at radius 2 is 1.50 bits per heavy atom. The molecule has 0 bridgehead atoms. The molecule has 0 radical (unpaired) electrons. The van der Waals surface area contributed by atoms with E-state index in [0.29, 0.717) is 17.2 Å². The number of pyridine rings is 1. The second-order valence-corrected chi connectivity index (χ2v) is 7.02. The molecule has 0 aliphatic heterocycles. The Balaban J connectivity index is 1.72. The van der Waals surface area contributed by atoms with Crippen LogP contribution in [0.2, 0.25) is 0 Å². The molecule has 7 nitrogen and oxygen atoms in total. The standard InChI is InChI=1S/C23H19N7/c1-14-25-23(30-29-14)19-12-11-18-22(27-19)28-21(17-9-7-15(13-24)8-10-17)20(26-18)16-5-3-2-4-6-16/h2-12H,13,24H2,1H3,(H,25,29,30)/p+1. The number of hydrogen-bond acceptors (Lipinski definition) is 5. The number of aryl methyl sites for hydroxylation is 1. The molecule has 5 rings (SSSR count). The van der Waals surface area contributed by atoms with Gasteiger partial charge in [-0.3, -0.25) is 5.10 Å². The van der Waals surface area contributed by atoms with Crippen molar-refractivity contribution in [1.82, 2.24) is 30.1 Å². The Labute approximate surface area is 173 Å². The minimum absolute atomic E-state index is 0.546. The van der Waals surface area contributed by atoms with Crippen LogP contribution in [0.15, 0.2) is 66.7 Å². The SMILES string of the molecule is Cc1nc(-c2ccc3nc(-c4ccccc4)c(-c4ccc(C[NH3+])cc4)nc3n2)n[nH]1. The third-order valence-corrected chi connectivity index (χ3v) is 4.92. The average molecular weight is 394 g/mol. The van der Waals surface area contributed by atoms with Gasteiger partial charge in [-0.05, 0) is 19.1 Å². The maximum atomic E-state index is 4.92. The highest BCUT2D eigenvalue weighted by Crippen LogP contribution is 2.31. The van der Waals surface area contributed by atoms with Crippen molar-refractivity contribution >= 4 is 11.2 Å². The molecule has 0 amide bonds. The van der Waals surface area contributed by atoms with Gasteiger partial charge in [-0.2, -0.15) is 5.10 Å². The number of rotatable bonds is 4. The molecular formula is C23H20N7+. The van der Waals surface area contributed by atoms with Crippen LogP contribution >= 0.6 is 0 Å². The molecule has 30 heavy (non-hydrogen) atoms. The fraction of sp³-hybridized carbons (Fsp3) is 0.0870. The van der Waals surface area contributed by atoms with Crippen LogP contribution in [-0.2, 0) is 6.54 Å². The van der Waals surface area contributed by atoms with Gasteiger partial charge in [0.15, 0.2) is 11.5 Å². The van der Waals surface area contributed by atoms with Crippen LogP contribution in [0.4, 0.5) is 0 Å². The van der Waals surface area contributed by atoms with Crippen LogP contribution in [0.5, 0.6) is 0 Å². The van der Waals surface area contributed by atoms with Crippen molar-refractivity contribution in [2.75, 3.05) is 0 Å². The summed E-state index contributed by atoms with van der Waals surface area (Å²) in [6, 6.07) is 22.1. The number of benzene rings is 2. The molecule has 7 heteroatoms. The number of aromatic amines is 1. The molecule has 2 aromatic carbocycles. The number of H-pyrrole nitrogens is 1. The fourth-order valence-corrected chi connectivity index (χ4v) is 3.35. The van der Waals surface area contributed by atoms with Gasteiger partial charge in [0.05, 0.1) is 17.9 Å². The molecule has 0 saturated carbocycles. The quantitative estimate of drug-likeness (QED) is 0.487. The monoisotopic (exact) mass is 394 g/mol. The van der Waals surface area contributed by atoms with E-state index < -0.39 is 0 Å². The third-order valence-electron chi connectivity index (χ3n) is 4.92. The van der Waals surface area contributed by atoms with Gasteiger partial charge >= 0.3 is 0 Å². The maximum absolute atomic E-state index is 4.92. The van der Waals surface area contributed by atoms with Crippen LogP contribution in [0, 0.1) is 6.92 Å². The number of quaternary nitrogens is 1. The molecule has 0 atom stereocenters. The number of aromatic nitrogens is 6. The Bertz CT molecular complexity index is 1330. The lowest BCUT2D eigenvalue weighted by atomic mass is 10.0. The summed E-state index contributed by atoms with van der Waals surface area (Å²) in [4.78, 5) is 18.9. The zero-order valence-corrected chi connectivity index (χ0v) is 16.5. The minimum Gasteiger partial charge on any atom is -0.354 e. The number of fused-ring (bicyclic) bond motifs is 1. The summed E-state index contributed by atoms with van der Waals surface area (Å²) in [5, 5.41) is 7.06. The molecular weight excluding hydrogens is 374 g/mol. The first-order chi connectivity index (χ1) is 14.7. The molecule has 0 spiro atoms. The van der Waals surface area contributed by atoms with Gasteiger partial charge in [-0.1, -0.05) is 54.6 Å². The summed E-state index contributed by atoms with van der Waals surface area (Å²) in [5.41, 5.74) is 10.7. The lowest BCUT2D eigenvalue weighted by molar-refractivity contribution is -0.386. The summed E-state index contributed by atoms with van der Waals surface area (Å²) >= 11 is 0. The summed E-state index contributed by atoms with van der Waals surface area (Å²) in [6.45, 7) is 2.60. The van der Waals surface area contributed by atoms with E-state index in [-0.39, 0.29) is 0 Å². The molecule has 0 fully saturated rings. The molecule has 4 N–H and O–H groups in total. The van der Waals surface area contributed by atoms with Crippen molar-refractivity contribution in [1.29, 1.82) is 0 Å². The first-order valence-corrected chi connectivity index (χ1v) is 9.73. The van der Waals surface area contributed by atoms with Gasteiger partial charge in [0.25, 0.3) is 0 Å². The van der Waals surface area contributed by atoms with Crippen LogP contribution in [0.1, 0.15) is 11.4 Å². The molecule has 146 valence electrons. The summed E-state index contributed by atoms with van der Waals surface area (Å²) < 4.78 is 0. The van der Waals surface area contributed by atoms with E-state index in [1.807, 2.05) is 49.4 Å².